The first-order valence-corrected chi connectivity index (χ1v) is 12.2. The van der Waals surface area contributed by atoms with Crippen molar-refractivity contribution >= 4 is 32.4 Å². The van der Waals surface area contributed by atoms with Crippen LogP contribution < -0.4 is 5.73 Å². The minimum atomic E-state index is -4.81. The van der Waals surface area contributed by atoms with Crippen LogP contribution in [0.15, 0.2) is 12.7 Å². The quantitative estimate of drug-likeness (QED) is 0.343. The van der Waals surface area contributed by atoms with Gasteiger partial charge in [-0.25, -0.2) is 19.5 Å². The van der Waals surface area contributed by atoms with Crippen molar-refractivity contribution < 1.29 is 42.7 Å². The van der Waals surface area contributed by atoms with E-state index in [0.717, 1.165) is 6.66 Å². The van der Waals surface area contributed by atoms with E-state index in [1.807, 2.05) is 0 Å². The summed E-state index contributed by atoms with van der Waals surface area (Å²) in [5, 5.41) is 10.7. The zero-order valence-corrected chi connectivity index (χ0v) is 18.1. The van der Waals surface area contributed by atoms with Gasteiger partial charge in [-0.3, -0.25) is 18.2 Å². The van der Waals surface area contributed by atoms with Crippen LogP contribution in [-0.4, -0.2) is 69.9 Å². The van der Waals surface area contributed by atoms with Crippen LogP contribution in [0.5, 0.6) is 0 Å². The lowest BCUT2D eigenvalue weighted by atomic mass is 9.97. The molecule has 14 nitrogen and oxygen atoms in total. The Balaban J connectivity index is 1.95. The smallest absolute Gasteiger partial charge is 0.387 e. The first-order chi connectivity index (χ1) is 13.7. The van der Waals surface area contributed by atoms with Gasteiger partial charge in [0.2, 0.25) is 0 Å². The van der Waals surface area contributed by atoms with Crippen molar-refractivity contribution in [1.29, 1.82) is 0 Å². The molecule has 1 aliphatic rings. The fourth-order valence-corrected chi connectivity index (χ4v) is 4.75. The Kier molecular flexibility index (Phi) is 6.11. The minimum Gasteiger partial charge on any atom is -0.387 e. The molecule has 168 valence electrons. The second-order valence-corrected chi connectivity index (χ2v) is 10.5. The average molecular weight is 467 g/mol. The Labute approximate surface area is 170 Å². The maximum absolute atomic E-state index is 11.9. The van der Waals surface area contributed by atoms with Crippen LogP contribution >= 0.6 is 15.4 Å². The molecule has 30 heavy (non-hydrogen) atoms. The molecule has 0 bridgehead atoms. The number of fused-ring (bicyclic) bond motifs is 1. The number of phosphoric acid groups is 1. The second-order valence-electron chi connectivity index (χ2n) is 7.56. The predicted octanol–water partition coefficient (Wildman–Crippen LogP) is 0.145. The number of anilines is 1. The number of hydrogen-bond donors (Lipinski definition) is 5. The summed E-state index contributed by atoms with van der Waals surface area (Å²) in [5.41, 5.74) is 4.87. The Bertz CT molecular complexity index is 1020. The van der Waals surface area contributed by atoms with Crippen LogP contribution in [0.25, 0.3) is 11.2 Å². The zero-order valence-electron chi connectivity index (χ0n) is 16.3. The van der Waals surface area contributed by atoms with E-state index in [9.17, 15) is 19.1 Å². The summed E-state index contributed by atoms with van der Waals surface area (Å²) in [6.45, 7) is 3.77. The molecular formula is C14H23N5O9P2. The molecule has 3 heterocycles. The van der Waals surface area contributed by atoms with Crippen LogP contribution in [0.3, 0.4) is 0 Å². The molecule has 0 aliphatic carbocycles. The zero-order chi connectivity index (χ0) is 22.5. The van der Waals surface area contributed by atoms with Crippen molar-refractivity contribution in [2.45, 2.75) is 50.4 Å². The maximum Gasteiger partial charge on any atom is 0.470 e. The Morgan fingerprint density at radius 1 is 1.27 bits per heavy atom. The van der Waals surface area contributed by atoms with Crippen molar-refractivity contribution in [2.75, 3.05) is 12.4 Å². The van der Waals surface area contributed by atoms with Gasteiger partial charge >= 0.3 is 15.4 Å². The van der Waals surface area contributed by atoms with Gasteiger partial charge in [-0.1, -0.05) is 0 Å². The molecule has 0 saturated carbocycles. The van der Waals surface area contributed by atoms with Crippen molar-refractivity contribution in [1.82, 2.24) is 19.5 Å². The molecule has 1 unspecified atom stereocenters. The highest BCUT2D eigenvalue weighted by atomic mass is 31.2. The van der Waals surface area contributed by atoms with E-state index >= 15 is 0 Å². The second kappa shape index (κ2) is 7.90. The first kappa shape index (κ1) is 23.2. The van der Waals surface area contributed by atoms with E-state index in [1.165, 1.54) is 31.1 Å². The number of aromatic nitrogens is 4. The van der Waals surface area contributed by atoms with E-state index in [-0.39, 0.29) is 23.4 Å². The third-order valence-electron chi connectivity index (χ3n) is 4.35. The van der Waals surface area contributed by atoms with E-state index < -0.39 is 45.6 Å². The fraction of sp³-hybridized carbons (Fsp3) is 0.643. The number of nitrogens with zero attached hydrogens (tertiary/aromatic N) is 4. The van der Waals surface area contributed by atoms with Crippen molar-refractivity contribution in [2.24, 2.45) is 0 Å². The molecule has 16 heteroatoms. The van der Waals surface area contributed by atoms with Gasteiger partial charge in [-0.05, 0) is 13.8 Å². The van der Waals surface area contributed by atoms with Crippen LogP contribution in [0, 0.1) is 0 Å². The molecular weight excluding hydrogens is 444 g/mol. The summed E-state index contributed by atoms with van der Waals surface area (Å²) in [6, 6.07) is 0. The van der Waals surface area contributed by atoms with E-state index in [4.69, 9.17) is 29.3 Å². The summed E-state index contributed by atoms with van der Waals surface area (Å²) in [6.07, 6.45) is -2.63. The van der Waals surface area contributed by atoms with Gasteiger partial charge in [0.25, 0.3) is 0 Å². The molecule has 6 N–H and O–H groups in total. The lowest BCUT2D eigenvalue weighted by Gasteiger charge is -2.29. The largest absolute Gasteiger partial charge is 0.470 e. The van der Waals surface area contributed by atoms with Gasteiger partial charge in [0.15, 0.2) is 17.7 Å². The molecule has 0 radical (unpaired) electrons. The van der Waals surface area contributed by atoms with E-state index in [0.29, 0.717) is 0 Å². The highest BCUT2D eigenvalue weighted by molar-refractivity contribution is 7.51. The highest BCUT2D eigenvalue weighted by Crippen LogP contribution is 2.48. The van der Waals surface area contributed by atoms with Crippen molar-refractivity contribution in [3.8, 4) is 0 Å². The molecule has 1 aliphatic heterocycles. The Hall–Kier alpha value is -1.47. The highest BCUT2D eigenvalue weighted by Gasteiger charge is 2.50. The number of nitrogens with two attached hydrogens (primary N) is 1. The fourth-order valence-electron chi connectivity index (χ4n) is 3.35. The number of aliphatic hydroxyl groups excluding tert-OH is 1. The molecule has 1 fully saturated rings. The third kappa shape index (κ3) is 5.22. The molecule has 0 aromatic carbocycles. The van der Waals surface area contributed by atoms with Crippen LogP contribution in [-0.2, 0) is 22.9 Å². The van der Waals surface area contributed by atoms with Crippen LogP contribution in [0.4, 0.5) is 5.82 Å². The van der Waals surface area contributed by atoms with Gasteiger partial charge in [0, 0.05) is 13.1 Å². The lowest BCUT2D eigenvalue weighted by molar-refractivity contribution is -0.0620. The number of ether oxygens (including phenoxy) is 1. The van der Waals surface area contributed by atoms with Crippen molar-refractivity contribution in [3.05, 3.63) is 12.7 Å². The van der Waals surface area contributed by atoms with Crippen LogP contribution in [0.1, 0.15) is 26.5 Å². The molecule has 2 aromatic heterocycles. The number of rotatable bonds is 7. The number of nitrogen functional groups attached to an aromatic ring is 1. The molecule has 1 saturated heterocycles. The van der Waals surface area contributed by atoms with Gasteiger partial charge in [-0.2, -0.15) is 0 Å². The van der Waals surface area contributed by atoms with Gasteiger partial charge in [0.1, 0.15) is 24.1 Å². The number of phosphoric ester groups is 1. The number of hydrogen-bond acceptors (Lipinski definition) is 10. The lowest BCUT2D eigenvalue weighted by Crippen LogP contribution is -2.38. The molecule has 0 spiro atoms. The van der Waals surface area contributed by atoms with Crippen LogP contribution in [0.2, 0.25) is 0 Å². The molecule has 0 amide bonds. The topological polar surface area (TPSA) is 212 Å². The minimum absolute atomic E-state index is 0.103. The summed E-state index contributed by atoms with van der Waals surface area (Å²) >= 11 is 0. The standard InChI is InChI=1S/C14H23N5O9P2/c1-14(2,28-30(23,24)25)4-7-9(20)10(27-29(3,21)22)13(26-7)19-6-18-8-11(15)16-5-17-12(8)19/h5-7,9-10,13,20H,4H2,1-3H3,(H,21,22)(H2,15,16,17)(H2,23,24,25)/t7-,9+,10+,13-/m0/s1. The summed E-state index contributed by atoms with van der Waals surface area (Å²) in [4.78, 5) is 39.9. The molecule has 2 aromatic rings. The van der Waals surface area contributed by atoms with Gasteiger partial charge < -0.3 is 30.3 Å². The average Bonchev–Trinajstić information content (AvgIpc) is 3.08. The Morgan fingerprint density at radius 2 is 1.93 bits per heavy atom. The molecule has 3 rings (SSSR count). The Morgan fingerprint density at radius 3 is 2.53 bits per heavy atom. The number of aliphatic hydroxyl groups is 1. The van der Waals surface area contributed by atoms with Gasteiger partial charge in [-0.15, -0.1) is 0 Å². The monoisotopic (exact) mass is 467 g/mol. The third-order valence-corrected chi connectivity index (χ3v) is 5.72. The van der Waals surface area contributed by atoms with E-state index in [1.54, 1.807) is 0 Å². The predicted molar refractivity (Wildman–Crippen MR) is 102 cm³/mol. The maximum atomic E-state index is 11.9. The summed E-state index contributed by atoms with van der Waals surface area (Å²) < 4.78 is 40.3. The van der Waals surface area contributed by atoms with E-state index in [2.05, 4.69) is 15.0 Å². The number of imidazole rings is 1. The van der Waals surface area contributed by atoms with Crippen molar-refractivity contribution in [3.63, 3.8) is 0 Å². The molecule has 5 atom stereocenters. The SMILES string of the molecule is CC(C)(C[C@@H]1O[C@H](n2cnc3c(N)ncnc32)[C@H](OP(C)(=O)O)[C@@H]1O)OP(=O)(O)O. The summed E-state index contributed by atoms with van der Waals surface area (Å²) in [5.74, 6) is 0.103. The summed E-state index contributed by atoms with van der Waals surface area (Å²) in [7, 11) is -8.87. The normalized spacial score (nSPS) is 27.4. The van der Waals surface area contributed by atoms with Gasteiger partial charge in [0.05, 0.1) is 18.0 Å². The first-order valence-electron chi connectivity index (χ1n) is 8.68.